The molecule has 0 aliphatic rings. The number of esters is 1. The largest absolute Gasteiger partial charge is 0.439 e. The molecule has 0 aliphatic heterocycles. The normalized spacial score (nSPS) is 14.1. The van der Waals surface area contributed by atoms with Gasteiger partial charge < -0.3 is 20.3 Å². The minimum atomic E-state index is -1.36. The third-order valence-electron chi connectivity index (χ3n) is 1.52. The third-order valence-corrected chi connectivity index (χ3v) is 1.78. The van der Waals surface area contributed by atoms with Crippen LogP contribution < -0.4 is 5.32 Å². The number of carbonyl (C=O) groups excluding carboxylic acids is 2. The fraction of sp³-hybridized carbons (Fsp3) is 0.750. The molecular formula is C8H14NO5S. The van der Waals surface area contributed by atoms with Crippen LogP contribution in [0.15, 0.2) is 0 Å². The van der Waals surface area contributed by atoms with Crippen molar-refractivity contribution in [3.05, 3.63) is 0 Å². The lowest BCUT2D eigenvalue weighted by molar-refractivity contribution is -0.160. The minimum Gasteiger partial charge on any atom is -0.439 e. The molecule has 87 valence electrons. The van der Waals surface area contributed by atoms with E-state index in [9.17, 15) is 14.7 Å². The Bertz CT molecular complexity index is 205. The number of nitrogens with one attached hydrogen (secondary N) is 1. The predicted molar refractivity (Wildman–Crippen MR) is 53.9 cm³/mol. The maximum Gasteiger partial charge on any atom is 0.307 e. The molecule has 0 saturated carbocycles. The van der Waals surface area contributed by atoms with Crippen LogP contribution in [0.5, 0.6) is 0 Å². The van der Waals surface area contributed by atoms with Crippen LogP contribution in [0.25, 0.3) is 0 Å². The molecule has 0 saturated heterocycles. The number of aliphatic hydroxyl groups excluding tert-OH is 2. The lowest BCUT2D eigenvalue weighted by Crippen LogP contribution is -2.48. The number of aliphatic hydroxyl groups is 2. The molecule has 6 nitrogen and oxygen atoms in total. The summed E-state index contributed by atoms with van der Waals surface area (Å²) in [6.07, 6.45) is -2.50. The van der Waals surface area contributed by atoms with Crippen molar-refractivity contribution in [2.75, 3.05) is 12.4 Å². The van der Waals surface area contributed by atoms with Gasteiger partial charge in [0.15, 0.2) is 0 Å². The van der Waals surface area contributed by atoms with E-state index in [-0.39, 0.29) is 12.2 Å². The van der Waals surface area contributed by atoms with Gasteiger partial charge in [0.05, 0.1) is 12.4 Å². The van der Waals surface area contributed by atoms with Gasteiger partial charge in [-0.3, -0.25) is 9.59 Å². The molecule has 0 aromatic carbocycles. The van der Waals surface area contributed by atoms with Crippen LogP contribution in [0.1, 0.15) is 13.3 Å². The first-order chi connectivity index (χ1) is 7.04. The summed E-state index contributed by atoms with van der Waals surface area (Å²) in [6.45, 7) is 0.943. The standard InChI is InChI=1S/C8H14NO5S/c1-2-7(13)14-8(5(11)3-10)9-6(12)4-15/h5,8,10-11H,2-4H2,1H3,(H,9,12). The van der Waals surface area contributed by atoms with Crippen molar-refractivity contribution < 1.29 is 24.5 Å². The van der Waals surface area contributed by atoms with E-state index in [1.807, 2.05) is 0 Å². The van der Waals surface area contributed by atoms with Crippen molar-refractivity contribution in [1.82, 2.24) is 5.32 Å². The average Bonchev–Trinajstić information content (AvgIpc) is 2.26. The molecule has 0 aromatic rings. The van der Waals surface area contributed by atoms with Gasteiger partial charge in [0.2, 0.25) is 12.1 Å². The molecule has 0 aromatic heterocycles. The summed E-state index contributed by atoms with van der Waals surface area (Å²) in [7, 11) is 0. The van der Waals surface area contributed by atoms with Crippen molar-refractivity contribution >= 4 is 24.5 Å². The number of ether oxygens (including phenoxy) is 1. The van der Waals surface area contributed by atoms with E-state index in [0.29, 0.717) is 0 Å². The molecule has 2 atom stereocenters. The lowest BCUT2D eigenvalue weighted by Gasteiger charge is -2.22. The van der Waals surface area contributed by atoms with Crippen LogP contribution in [0.2, 0.25) is 0 Å². The second-order valence-electron chi connectivity index (χ2n) is 2.73. The maximum absolute atomic E-state index is 10.9. The van der Waals surface area contributed by atoms with Gasteiger partial charge in [-0.05, 0) is 0 Å². The highest BCUT2D eigenvalue weighted by atomic mass is 32.1. The molecule has 1 amide bonds. The molecule has 0 fully saturated rings. The summed E-state index contributed by atoms with van der Waals surface area (Å²) < 4.78 is 4.70. The molecule has 0 rings (SSSR count). The van der Waals surface area contributed by atoms with Crippen LogP contribution in [-0.4, -0.2) is 46.8 Å². The Labute approximate surface area is 93.0 Å². The van der Waals surface area contributed by atoms with E-state index >= 15 is 0 Å². The molecule has 7 heteroatoms. The summed E-state index contributed by atoms with van der Waals surface area (Å²) in [4.78, 5) is 21.8. The SMILES string of the molecule is CCC(=O)OC(NC(=O)C[S])C(O)CO. The molecule has 0 heterocycles. The van der Waals surface area contributed by atoms with Gasteiger partial charge in [-0.25, -0.2) is 0 Å². The lowest BCUT2D eigenvalue weighted by atomic mass is 10.3. The van der Waals surface area contributed by atoms with E-state index in [1.54, 1.807) is 6.92 Å². The zero-order valence-corrected chi connectivity index (χ0v) is 9.12. The van der Waals surface area contributed by atoms with Crippen molar-refractivity contribution in [3.63, 3.8) is 0 Å². The third kappa shape index (κ3) is 5.60. The Morgan fingerprint density at radius 3 is 2.53 bits per heavy atom. The predicted octanol–water partition coefficient (Wildman–Crippen LogP) is -1.07. The van der Waals surface area contributed by atoms with Gasteiger partial charge in [0, 0.05) is 6.42 Å². The van der Waals surface area contributed by atoms with Gasteiger partial charge in [0.25, 0.3) is 0 Å². The van der Waals surface area contributed by atoms with Gasteiger partial charge in [0.1, 0.15) is 6.10 Å². The van der Waals surface area contributed by atoms with E-state index in [1.165, 1.54) is 0 Å². The van der Waals surface area contributed by atoms with Crippen LogP contribution in [0, 0.1) is 0 Å². The second kappa shape index (κ2) is 7.49. The highest BCUT2D eigenvalue weighted by Crippen LogP contribution is 1.99. The first-order valence-corrected chi connectivity index (χ1v) is 4.98. The molecule has 2 unspecified atom stereocenters. The number of carbonyl (C=O) groups is 2. The quantitative estimate of drug-likeness (QED) is 0.403. The fourth-order valence-corrected chi connectivity index (χ4v) is 0.809. The van der Waals surface area contributed by atoms with Crippen LogP contribution in [0.3, 0.4) is 0 Å². The molecule has 3 N–H and O–H groups in total. The first kappa shape index (κ1) is 14.2. The topological polar surface area (TPSA) is 95.9 Å². The smallest absolute Gasteiger partial charge is 0.307 e. The molecular weight excluding hydrogens is 222 g/mol. The van der Waals surface area contributed by atoms with Gasteiger partial charge in [-0.15, -0.1) is 0 Å². The van der Waals surface area contributed by atoms with E-state index in [2.05, 4.69) is 17.9 Å². The van der Waals surface area contributed by atoms with Crippen LogP contribution in [0.4, 0.5) is 0 Å². The van der Waals surface area contributed by atoms with Gasteiger partial charge >= 0.3 is 5.97 Å². The Morgan fingerprint density at radius 2 is 2.13 bits per heavy atom. The molecule has 0 bridgehead atoms. The van der Waals surface area contributed by atoms with Gasteiger partial charge in [-0.2, -0.15) is 0 Å². The monoisotopic (exact) mass is 236 g/mol. The molecule has 15 heavy (non-hydrogen) atoms. The summed E-state index contributed by atoms with van der Waals surface area (Å²) >= 11 is 4.46. The fourth-order valence-electron chi connectivity index (χ4n) is 0.725. The molecule has 0 aliphatic carbocycles. The van der Waals surface area contributed by atoms with Crippen molar-refractivity contribution in [2.24, 2.45) is 0 Å². The minimum absolute atomic E-state index is 0.110. The summed E-state index contributed by atoms with van der Waals surface area (Å²) in [5.74, 6) is -1.35. The average molecular weight is 236 g/mol. The van der Waals surface area contributed by atoms with Gasteiger partial charge in [-0.1, -0.05) is 19.6 Å². The van der Waals surface area contributed by atoms with Crippen LogP contribution in [-0.2, 0) is 14.3 Å². The van der Waals surface area contributed by atoms with E-state index < -0.39 is 30.8 Å². The molecule has 0 spiro atoms. The van der Waals surface area contributed by atoms with Crippen molar-refractivity contribution in [2.45, 2.75) is 25.7 Å². The number of hydrogen-bond acceptors (Lipinski definition) is 5. The Hall–Kier alpha value is -0.790. The number of hydrogen-bond donors (Lipinski definition) is 3. The highest BCUT2D eigenvalue weighted by Gasteiger charge is 2.23. The van der Waals surface area contributed by atoms with E-state index in [0.717, 1.165) is 0 Å². The Morgan fingerprint density at radius 1 is 1.53 bits per heavy atom. The Balaban J connectivity index is 4.30. The number of rotatable bonds is 6. The van der Waals surface area contributed by atoms with Crippen molar-refractivity contribution in [1.29, 1.82) is 0 Å². The Kier molecular flexibility index (Phi) is 7.10. The van der Waals surface area contributed by atoms with E-state index in [4.69, 9.17) is 9.84 Å². The number of amides is 1. The summed E-state index contributed by atoms with van der Waals surface area (Å²) in [5, 5.41) is 20.1. The first-order valence-electron chi connectivity index (χ1n) is 4.41. The highest BCUT2D eigenvalue weighted by molar-refractivity contribution is 7.81. The molecule has 1 radical (unpaired) electrons. The van der Waals surface area contributed by atoms with Crippen LogP contribution >= 0.6 is 12.6 Å². The maximum atomic E-state index is 10.9. The zero-order valence-electron chi connectivity index (χ0n) is 8.30. The summed E-state index contributed by atoms with van der Waals surface area (Å²) in [6, 6.07) is 0. The zero-order chi connectivity index (χ0) is 11.8. The summed E-state index contributed by atoms with van der Waals surface area (Å²) in [5.41, 5.74) is 0. The van der Waals surface area contributed by atoms with Crippen molar-refractivity contribution in [3.8, 4) is 0 Å². The second-order valence-corrected chi connectivity index (χ2v) is 3.01.